The van der Waals surface area contributed by atoms with E-state index in [1.165, 1.54) is 0 Å². The first kappa shape index (κ1) is 18.7. The first-order chi connectivity index (χ1) is 12.7. The van der Waals surface area contributed by atoms with Crippen LogP contribution >= 0.6 is 0 Å². The summed E-state index contributed by atoms with van der Waals surface area (Å²) in [5.41, 5.74) is 2.27. The van der Waals surface area contributed by atoms with Crippen molar-refractivity contribution in [1.29, 1.82) is 0 Å². The highest BCUT2D eigenvalue weighted by atomic mass is 16.4. The van der Waals surface area contributed by atoms with Gasteiger partial charge in [-0.25, -0.2) is 9.59 Å². The molecule has 142 valence electrons. The summed E-state index contributed by atoms with van der Waals surface area (Å²) < 4.78 is 11.1. The van der Waals surface area contributed by atoms with Gasteiger partial charge < -0.3 is 19.3 Å². The van der Waals surface area contributed by atoms with Gasteiger partial charge in [-0.2, -0.15) is 0 Å². The molecule has 0 saturated heterocycles. The molecule has 0 bridgehead atoms. The number of aliphatic carboxylic acids is 1. The fourth-order valence-electron chi connectivity index (χ4n) is 3.17. The van der Waals surface area contributed by atoms with E-state index < -0.39 is 23.5 Å². The Morgan fingerprint density at radius 3 is 2.33 bits per heavy atom. The number of carbonyl (C=O) groups excluding carboxylic acids is 1. The topological polar surface area (TPSA) is 110 Å². The van der Waals surface area contributed by atoms with Gasteiger partial charge in [0, 0.05) is 16.8 Å². The van der Waals surface area contributed by atoms with Crippen molar-refractivity contribution in [3.8, 4) is 0 Å². The van der Waals surface area contributed by atoms with Crippen LogP contribution in [0.3, 0.4) is 0 Å². The summed E-state index contributed by atoms with van der Waals surface area (Å²) in [6.45, 7) is 7.23. The molecule has 3 rings (SSSR count). The number of fused-ring (bicyclic) bond motifs is 2. The highest BCUT2D eigenvalue weighted by Gasteiger charge is 2.21. The van der Waals surface area contributed by atoms with Gasteiger partial charge in [0.05, 0.1) is 12.0 Å². The second-order valence-corrected chi connectivity index (χ2v) is 6.66. The second kappa shape index (κ2) is 6.90. The molecule has 0 aliphatic carbocycles. The Morgan fingerprint density at radius 2 is 1.70 bits per heavy atom. The van der Waals surface area contributed by atoms with Gasteiger partial charge in [0.1, 0.15) is 23.0 Å². The summed E-state index contributed by atoms with van der Waals surface area (Å²) in [5.74, 6) is -0.851. The van der Waals surface area contributed by atoms with E-state index in [1.807, 2.05) is 19.9 Å². The molecule has 0 aliphatic rings. The summed E-state index contributed by atoms with van der Waals surface area (Å²) in [7, 11) is 0. The third kappa shape index (κ3) is 3.32. The summed E-state index contributed by atoms with van der Waals surface area (Å²) in [6, 6.07) is 2.59. The van der Waals surface area contributed by atoms with Gasteiger partial charge in [0.25, 0.3) is 0 Å². The lowest BCUT2D eigenvalue weighted by atomic mass is 10.0. The van der Waals surface area contributed by atoms with Crippen molar-refractivity contribution in [2.45, 2.75) is 46.6 Å². The molecular formula is C20H21NO6. The predicted octanol–water partition coefficient (Wildman–Crippen LogP) is 2.99. The quantitative estimate of drug-likeness (QED) is 0.667. The van der Waals surface area contributed by atoms with Crippen LogP contribution in [0.1, 0.15) is 35.8 Å². The van der Waals surface area contributed by atoms with Crippen molar-refractivity contribution in [2.75, 3.05) is 0 Å². The Labute approximate surface area is 155 Å². The summed E-state index contributed by atoms with van der Waals surface area (Å²) in [6.07, 6.45) is 0.0127. The average molecular weight is 371 g/mol. The number of carboxylic acids is 1. The molecule has 3 aromatic rings. The lowest BCUT2D eigenvalue weighted by Gasteiger charge is -2.13. The first-order valence-electron chi connectivity index (χ1n) is 8.71. The number of benzene rings is 1. The van der Waals surface area contributed by atoms with Crippen LogP contribution in [0, 0.1) is 20.8 Å². The zero-order valence-electron chi connectivity index (χ0n) is 15.6. The Balaban J connectivity index is 2.04. The van der Waals surface area contributed by atoms with Crippen LogP contribution in [0.4, 0.5) is 0 Å². The molecule has 0 spiro atoms. The van der Waals surface area contributed by atoms with Gasteiger partial charge in [0.2, 0.25) is 5.91 Å². The summed E-state index contributed by atoms with van der Waals surface area (Å²) in [4.78, 5) is 35.7. The molecule has 0 radical (unpaired) electrons. The number of aryl methyl sites for hydroxylation is 3. The SMILES string of the molecule is CC[C@@H](NC(=O)Cc1c(C)c2cc3c(C)c(C)oc3cc2oc1=O)C(=O)O. The lowest BCUT2D eigenvalue weighted by Crippen LogP contribution is -2.41. The van der Waals surface area contributed by atoms with Gasteiger partial charge in [-0.1, -0.05) is 6.92 Å². The van der Waals surface area contributed by atoms with Crippen molar-refractivity contribution in [3.05, 3.63) is 45.0 Å². The van der Waals surface area contributed by atoms with Crippen molar-refractivity contribution in [1.82, 2.24) is 5.32 Å². The fraction of sp³-hybridized carbons (Fsp3) is 0.350. The molecule has 0 unspecified atom stereocenters. The van der Waals surface area contributed by atoms with Gasteiger partial charge in [0.15, 0.2) is 0 Å². The molecule has 27 heavy (non-hydrogen) atoms. The van der Waals surface area contributed by atoms with E-state index >= 15 is 0 Å². The highest BCUT2D eigenvalue weighted by molar-refractivity contribution is 5.97. The number of rotatable bonds is 5. The van der Waals surface area contributed by atoms with E-state index in [1.54, 1.807) is 19.9 Å². The van der Waals surface area contributed by atoms with E-state index in [2.05, 4.69) is 5.32 Å². The number of amides is 1. The van der Waals surface area contributed by atoms with Crippen molar-refractivity contribution >= 4 is 33.8 Å². The Hall–Kier alpha value is -3.09. The van der Waals surface area contributed by atoms with Crippen LogP contribution in [0.25, 0.3) is 21.9 Å². The number of hydrogen-bond donors (Lipinski definition) is 2. The molecule has 2 N–H and O–H groups in total. The van der Waals surface area contributed by atoms with E-state index in [9.17, 15) is 14.4 Å². The van der Waals surface area contributed by atoms with Crippen LogP contribution in [0.15, 0.2) is 25.8 Å². The number of furan rings is 1. The second-order valence-electron chi connectivity index (χ2n) is 6.66. The smallest absolute Gasteiger partial charge is 0.340 e. The van der Waals surface area contributed by atoms with Crippen LogP contribution in [-0.4, -0.2) is 23.0 Å². The Kier molecular flexibility index (Phi) is 4.78. The lowest BCUT2D eigenvalue weighted by molar-refractivity contribution is -0.141. The van der Waals surface area contributed by atoms with Crippen molar-refractivity contribution < 1.29 is 23.5 Å². The number of carboxylic acid groups (broad SMARTS) is 1. The molecule has 1 atom stereocenters. The van der Waals surface area contributed by atoms with Crippen LogP contribution in [0.2, 0.25) is 0 Å². The monoisotopic (exact) mass is 371 g/mol. The Morgan fingerprint density at radius 1 is 1.07 bits per heavy atom. The number of hydrogen-bond acceptors (Lipinski definition) is 5. The maximum absolute atomic E-state index is 12.4. The van der Waals surface area contributed by atoms with Crippen molar-refractivity contribution in [2.24, 2.45) is 0 Å². The van der Waals surface area contributed by atoms with Crippen LogP contribution in [0.5, 0.6) is 0 Å². The third-order valence-electron chi connectivity index (χ3n) is 4.96. The molecule has 0 aliphatic heterocycles. The minimum Gasteiger partial charge on any atom is -0.480 e. The minimum absolute atomic E-state index is 0.220. The zero-order valence-corrected chi connectivity index (χ0v) is 15.6. The largest absolute Gasteiger partial charge is 0.480 e. The van der Waals surface area contributed by atoms with E-state index in [0.29, 0.717) is 16.7 Å². The van der Waals surface area contributed by atoms with Gasteiger partial charge in [-0.05, 0) is 44.4 Å². The van der Waals surface area contributed by atoms with E-state index in [-0.39, 0.29) is 18.4 Å². The normalized spacial score (nSPS) is 12.4. The molecular weight excluding hydrogens is 350 g/mol. The molecule has 1 aromatic carbocycles. The van der Waals surface area contributed by atoms with Crippen LogP contribution in [-0.2, 0) is 16.0 Å². The third-order valence-corrected chi connectivity index (χ3v) is 4.96. The molecule has 0 fully saturated rings. The first-order valence-corrected chi connectivity index (χ1v) is 8.71. The zero-order chi connectivity index (χ0) is 19.9. The van der Waals surface area contributed by atoms with Crippen molar-refractivity contribution in [3.63, 3.8) is 0 Å². The molecule has 7 nitrogen and oxygen atoms in total. The predicted molar refractivity (Wildman–Crippen MR) is 100 cm³/mol. The van der Waals surface area contributed by atoms with Gasteiger partial charge in [-0.3, -0.25) is 4.79 Å². The molecule has 1 amide bonds. The number of carbonyl (C=O) groups is 2. The fourth-order valence-corrected chi connectivity index (χ4v) is 3.17. The minimum atomic E-state index is -1.11. The van der Waals surface area contributed by atoms with E-state index in [4.69, 9.17) is 13.9 Å². The molecule has 0 saturated carbocycles. The Bertz CT molecular complexity index is 1120. The maximum atomic E-state index is 12.4. The average Bonchev–Trinajstić information content (AvgIpc) is 2.88. The highest BCUT2D eigenvalue weighted by Crippen LogP contribution is 2.30. The van der Waals surface area contributed by atoms with Gasteiger partial charge >= 0.3 is 11.6 Å². The number of nitrogens with one attached hydrogen (secondary N) is 1. The summed E-state index contributed by atoms with van der Waals surface area (Å²) in [5, 5.41) is 13.1. The summed E-state index contributed by atoms with van der Waals surface area (Å²) >= 11 is 0. The van der Waals surface area contributed by atoms with E-state index in [0.717, 1.165) is 22.1 Å². The molecule has 2 heterocycles. The van der Waals surface area contributed by atoms with Crippen LogP contribution < -0.4 is 10.9 Å². The van der Waals surface area contributed by atoms with Gasteiger partial charge in [-0.15, -0.1) is 0 Å². The standard InChI is InChI=1S/C20H21NO6/c1-5-15(19(23)24)21-18(22)7-14-10(3)13-6-12-9(2)11(4)26-16(12)8-17(13)27-20(14)25/h6,8,15H,5,7H2,1-4H3,(H,21,22)(H,23,24)/t15-/m1/s1. The maximum Gasteiger partial charge on any atom is 0.340 e. The molecule has 2 aromatic heterocycles. The molecule has 7 heteroatoms.